The van der Waals surface area contributed by atoms with E-state index in [1.54, 1.807) is 12.3 Å². The van der Waals surface area contributed by atoms with Crippen molar-refractivity contribution in [3.05, 3.63) is 41.5 Å². The third-order valence-electron chi connectivity index (χ3n) is 5.29. The number of fused-ring (bicyclic) bond motifs is 1. The van der Waals surface area contributed by atoms with Gasteiger partial charge in [-0.05, 0) is 31.4 Å². The fourth-order valence-corrected chi connectivity index (χ4v) is 3.90. The number of pyridine rings is 1. The summed E-state index contributed by atoms with van der Waals surface area (Å²) < 4.78 is 20.7. The standard InChI is InChI=1S/C20H24FN7O3/c1-31-20-13(10-12(21)11-24-20)14-4-2-7-27(14)15-5-8-28-18(25-15)16(17(22)26-28)19(30)23-6-3-9-29/h5,8,10-11,14,29H,2-4,6-7,9H2,1H3,(H2,22,26)(H,23,30). The maximum absolute atomic E-state index is 13.9. The number of halogens is 1. The number of hydrogen-bond donors (Lipinski definition) is 3. The lowest BCUT2D eigenvalue weighted by atomic mass is 10.1. The number of amides is 1. The van der Waals surface area contributed by atoms with Gasteiger partial charge in [0.05, 0.1) is 19.3 Å². The number of nitrogens with zero attached hydrogens (tertiary/aromatic N) is 5. The number of hydrogen-bond acceptors (Lipinski definition) is 8. The van der Waals surface area contributed by atoms with Gasteiger partial charge in [-0.2, -0.15) is 0 Å². The Bertz CT molecular complexity index is 1100. The molecule has 31 heavy (non-hydrogen) atoms. The van der Waals surface area contributed by atoms with Crippen LogP contribution in [0.15, 0.2) is 24.5 Å². The van der Waals surface area contributed by atoms with Gasteiger partial charge in [0.15, 0.2) is 11.5 Å². The van der Waals surface area contributed by atoms with Crippen molar-refractivity contribution in [1.82, 2.24) is 24.9 Å². The minimum atomic E-state index is -0.434. The summed E-state index contributed by atoms with van der Waals surface area (Å²) in [6.07, 6.45) is 4.91. The van der Waals surface area contributed by atoms with E-state index in [0.717, 1.165) is 19.0 Å². The second-order valence-corrected chi connectivity index (χ2v) is 7.25. The van der Waals surface area contributed by atoms with Gasteiger partial charge in [0.25, 0.3) is 5.91 Å². The fourth-order valence-electron chi connectivity index (χ4n) is 3.90. The second kappa shape index (κ2) is 8.72. The normalized spacial score (nSPS) is 16.1. The maximum atomic E-state index is 13.9. The Hall–Kier alpha value is -3.47. The van der Waals surface area contributed by atoms with E-state index in [-0.39, 0.29) is 24.0 Å². The summed E-state index contributed by atoms with van der Waals surface area (Å²) in [6.45, 7) is 0.989. The molecule has 0 aromatic carbocycles. The van der Waals surface area contributed by atoms with Crippen molar-refractivity contribution in [3.8, 4) is 5.88 Å². The minimum absolute atomic E-state index is 0.0261. The third-order valence-corrected chi connectivity index (χ3v) is 5.29. The lowest BCUT2D eigenvalue weighted by Gasteiger charge is -2.26. The van der Waals surface area contributed by atoms with Crippen molar-refractivity contribution in [1.29, 1.82) is 0 Å². The zero-order valence-corrected chi connectivity index (χ0v) is 17.1. The number of rotatable bonds is 7. The van der Waals surface area contributed by atoms with E-state index in [2.05, 4.69) is 20.4 Å². The maximum Gasteiger partial charge on any atom is 0.258 e. The van der Waals surface area contributed by atoms with Crippen LogP contribution in [0.25, 0.3) is 5.65 Å². The molecule has 1 aliphatic heterocycles. The highest BCUT2D eigenvalue weighted by atomic mass is 19.1. The van der Waals surface area contributed by atoms with E-state index in [1.165, 1.54) is 17.7 Å². The van der Waals surface area contributed by atoms with Gasteiger partial charge in [0, 0.05) is 31.5 Å². The lowest BCUT2D eigenvalue weighted by Crippen LogP contribution is -2.26. The lowest BCUT2D eigenvalue weighted by molar-refractivity contribution is 0.0953. The molecule has 11 heteroatoms. The van der Waals surface area contributed by atoms with Crippen LogP contribution in [0, 0.1) is 5.82 Å². The molecule has 0 spiro atoms. The first-order valence-electron chi connectivity index (χ1n) is 10.0. The number of nitrogen functional groups attached to an aromatic ring is 1. The topological polar surface area (TPSA) is 131 Å². The van der Waals surface area contributed by atoms with E-state index >= 15 is 0 Å². The van der Waals surface area contributed by atoms with E-state index < -0.39 is 11.7 Å². The number of nitrogens with two attached hydrogens (primary N) is 1. The molecule has 0 saturated carbocycles. The van der Waals surface area contributed by atoms with Gasteiger partial charge < -0.3 is 25.8 Å². The summed E-state index contributed by atoms with van der Waals surface area (Å²) in [6, 6.07) is 3.05. The summed E-state index contributed by atoms with van der Waals surface area (Å²) in [4.78, 5) is 23.4. The highest BCUT2D eigenvalue weighted by Crippen LogP contribution is 2.39. The molecule has 3 aromatic rings. The Morgan fingerprint density at radius 3 is 3.10 bits per heavy atom. The average Bonchev–Trinajstić information content (AvgIpc) is 3.37. The Morgan fingerprint density at radius 2 is 2.32 bits per heavy atom. The second-order valence-electron chi connectivity index (χ2n) is 7.25. The number of anilines is 2. The van der Waals surface area contributed by atoms with Crippen LogP contribution in [0.5, 0.6) is 5.88 Å². The van der Waals surface area contributed by atoms with Crippen molar-refractivity contribution in [2.24, 2.45) is 0 Å². The molecule has 1 aliphatic rings. The minimum Gasteiger partial charge on any atom is -0.481 e. The van der Waals surface area contributed by atoms with Crippen LogP contribution < -0.4 is 20.7 Å². The van der Waals surface area contributed by atoms with Gasteiger partial charge in [-0.1, -0.05) is 0 Å². The zero-order chi connectivity index (χ0) is 22.0. The van der Waals surface area contributed by atoms with Crippen LogP contribution in [-0.4, -0.2) is 57.4 Å². The molecule has 1 atom stereocenters. The number of carbonyl (C=O) groups excluding carboxylic acids is 1. The quantitative estimate of drug-likeness (QED) is 0.479. The Labute approximate surface area is 177 Å². The average molecular weight is 429 g/mol. The van der Waals surface area contributed by atoms with Gasteiger partial charge >= 0.3 is 0 Å². The summed E-state index contributed by atoms with van der Waals surface area (Å²) >= 11 is 0. The molecule has 0 aliphatic carbocycles. The molecule has 0 radical (unpaired) electrons. The molecule has 4 heterocycles. The van der Waals surface area contributed by atoms with E-state index in [4.69, 9.17) is 15.6 Å². The number of methoxy groups -OCH3 is 1. The molecule has 164 valence electrons. The predicted octanol–water partition coefficient (Wildman–Crippen LogP) is 1.31. The summed E-state index contributed by atoms with van der Waals surface area (Å²) in [7, 11) is 1.50. The fraction of sp³-hybridized carbons (Fsp3) is 0.400. The smallest absolute Gasteiger partial charge is 0.258 e. The van der Waals surface area contributed by atoms with E-state index in [0.29, 0.717) is 42.4 Å². The van der Waals surface area contributed by atoms with E-state index in [9.17, 15) is 9.18 Å². The van der Waals surface area contributed by atoms with Crippen LogP contribution >= 0.6 is 0 Å². The number of aromatic nitrogens is 4. The molecule has 4 rings (SSSR count). The molecule has 1 amide bonds. The molecular formula is C20H24FN7O3. The van der Waals surface area contributed by atoms with Crippen LogP contribution in [0.3, 0.4) is 0 Å². The Balaban J connectivity index is 1.70. The Morgan fingerprint density at radius 1 is 1.48 bits per heavy atom. The number of aliphatic hydroxyl groups is 1. The first-order valence-corrected chi connectivity index (χ1v) is 10.0. The molecule has 1 fully saturated rings. The van der Waals surface area contributed by atoms with Crippen LogP contribution in [0.4, 0.5) is 16.0 Å². The van der Waals surface area contributed by atoms with Crippen LogP contribution in [-0.2, 0) is 0 Å². The molecule has 4 N–H and O–H groups in total. The SMILES string of the molecule is COc1ncc(F)cc1C1CCCN1c1ccn2nc(N)c(C(=O)NCCCO)c2n1. The summed E-state index contributed by atoms with van der Waals surface area (Å²) in [5, 5.41) is 15.8. The summed E-state index contributed by atoms with van der Waals surface area (Å²) in [5.74, 6) is 0.221. The summed E-state index contributed by atoms with van der Waals surface area (Å²) in [5.41, 5.74) is 7.13. The largest absolute Gasteiger partial charge is 0.481 e. The van der Waals surface area contributed by atoms with Crippen molar-refractivity contribution < 1.29 is 19.0 Å². The van der Waals surface area contributed by atoms with E-state index in [1.807, 2.05) is 4.90 Å². The van der Waals surface area contributed by atoms with Crippen LogP contribution in [0.2, 0.25) is 0 Å². The highest BCUT2D eigenvalue weighted by molar-refractivity contribution is 6.04. The monoisotopic (exact) mass is 429 g/mol. The molecule has 3 aromatic heterocycles. The zero-order valence-electron chi connectivity index (χ0n) is 17.1. The third kappa shape index (κ3) is 3.96. The van der Waals surface area contributed by atoms with Gasteiger partial charge in [-0.25, -0.2) is 18.9 Å². The van der Waals surface area contributed by atoms with Crippen molar-refractivity contribution in [3.63, 3.8) is 0 Å². The van der Waals surface area contributed by atoms with Crippen molar-refractivity contribution in [2.75, 3.05) is 37.4 Å². The predicted molar refractivity (Wildman–Crippen MR) is 112 cm³/mol. The van der Waals surface area contributed by atoms with Crippen LogP contribution in [0.1, 0.15) is 41.2 Å². The number of aliphatic hydroxyl groups excluding tert-OH is 1. The van der Waals surface area contributed by atoms with Crippen molar-refractivity contribution in [2.45, 2.75) is 25.3 Å². The van der Waals surface area contributed by atoms with Gasteiger partial charge in [0.1, 0.15) is 17.2 Å². The number of ether oxygens (including phenoxy) is 1. The van der Waals surface area contributed by atoms with Gasteiger partial charge in [-0.15, -0.1) is 5.10 Å². The first kappa shape index (κ1) is 20.8. The van der Waals surface area contributed by atoms with Crippen molar-refractivity contribution >= 4 is 23.2 Å². The highest BCUT2D eigenvalue weighted by Gasteiger charge is 2.31. The molecule has 1 saturated heterocycles. The molecule has 0 bridgehead atoms. The number of nitrogens with one attached hydrogen (secondary N) is 1. The van der Waals surface area contributed by atoms with Gasteiger partial charge in [0.2, 0.25) is 5.88 Å². The molecule has 1 unspecified atom stereocenters. The first-order chi connectivity index (χ1) is 15.0. The Kier molecular flexibility index (Phi) is 5.85. The molecular weight excluding hydrogens is 405 g/mol. The van der Waals surface area contributed by atoms with Gasteiger partial charge in [-0.3, -0.25) is 4.79 Å². The molecule has 10 nitrogen and oxygen atoms in total. The number of carbonyl (C=O) groups is 1.